The van der Waals surface area contributed by atoms with Crippen molar-refractivity contribution in [2.75, 3.05) is 0 Å². The molecule has 0 amide bonds. The van der Waals surface area contributed by atoms with E-state index in [0.29, 0.717) is 21.9 Å². The normalized spacial score (nSPS) is 13.7. The van der Waals surface area contributed by atoms with Crippen molar-refractivity contribution in [2.24, 2.45) is 0 Å². The molecule has 0 spiro atoms. The van der Waals surface area contributed by atoms with Gasteiger partial charge in [-0.3, -0.25) is 9.00 Å². The average molecular weight is 307 g/mol. The van der Waals surface area contributed by atoms with Crippen molar-refractivity contribution in [2.45, 2.75) is 23.5 Å². The predicted molar refractivity (Wildman–Crippen MR) is 82.7 cm³/mol. The van der Waals surface area contributed by atoms with Crippen molar-refractivity contribution in [1.29, 1.82) is 0 Å². The quantitative estimate of drug-likeness (QED) is 0.779. The van der Waals surface area contributed by atoms with Gasteiger partial charge in [-0.05, 0) is 18.6 Å². The first-order chi connectivity index (χ1) is 9.65. The molecule has 0 aliphatic carbocycles. The second kappa shape index (κ2) is 6.82. The summed E-state index contributed by atoms with van der Waals surface area (Å²) in [5, 5.41) is -0.137. The molecule has 0 saturated heterocycles. The Morgan fingerprint density at radius 2 is 1.70 bits per heavy atom. The van der Waals surface area contributed by atoms with Crippen LogP contribution in [0.3, 0.4) is 0 Å². The second-order valence-electron chi connectivity index (χ2n) is 4.35. The van der Waals surface area contributed by atoms with E-state index in [1.807, 2.05) is 13.0 Å². The van der Waals surface area contributed by atoms with Crippen molar-refractivity contribution in [1.82, 2.24) is 0 Å². The molecule has 2 atom stereocenters. The van der Waals surface area contributed by atoms with Crippen LogP contribution in [-0.4, -0.2) is 15.2 Å². The zero-order valence-electron chi connectivity index (χ0n) is 11.1. The summed E-state index contributed by atoms with van der Waals surface area (Å²) in [5.41, 5.74) is 0.583. The van der Waals surface area contributed by atoms with Crippen LogP contribution in [0.15, 0.2) is 59.5 Å². The van der Waals surface area contributed by atoms with Gasteiger partial charge in [-0.2, -0.15) is 0 Å². The number of hydrogen-bond acceptors (Lipinski definition) is 2. The third kappa shape index (κ3) is 3.17. The van der Waals surface area contributed by atoms with Crippen LogP contribution < -0.4 is 0 Å². The Hall–Kier alpha value is -1.45. The largest absolute Gasteiger partial charge is 0.293 e. The molecule has 0 saturated carbocycles. The molecular formula is C16H15ClO2S. The van der Waals surface area contributed by atoms with Gasteiger partial charge >= 0.3 is 0 Å². The minimum Gasteiger partial charge on any atom is -0.293 e. The number of hydrogen-bond donors (Lipinski definition) is 0. The maximum absolute atomic E-state index is 12.6. The topological polar surface area (TPSA) is 34.1 Å². The van der Waals surface area contributed by atoms with Crippen LogP contribution in [0.4, 0.5) is 0 Å². The van der Waals surface area contributed by atoms with Gasteiger partial charge in [-0.1, -0.05) is 61.0 Å². The summed E-state index contributed by atoms with van der Waals surface area (Å²) in [7, 11) is -1.44. The predicted octanol–water partition coefficient (Wildman–Crippen LogP) is 4.11. The minimum atomic E-state index is -1.44. The standard InChI is InChI=1S/C16H15ClO2S/c1-2-14(16(18)12-8-4-3-5-9-12)20(19)15-11-7-6-10-13(15)17/h3-11,14H,2H2,1H3. The van der Waals surface area contributed by atoms with Crippen LogP contribution in [-0.2, 0) is 10.8 Å². The minimum absolute atomic E-state index is 0.105. The maximum Gasteiger partial charge on any atom is 0.178 e. The molecule has 0 aliphatic rings. The number of Topliss-reactive ketones (excluding diaryl/α,β-unsaturated/α-hetero) is 1. The molecule has 2 nitrogen and oxygen atoms in total. The number of rotatable bonds is 5. The Balaban J connectivity index is 2.31. The first-order valence-electron chi connectivity index (χ1n) is 6.39. The van der Waals surface area contributed by atoms with Gasteiger partial charge in [0.2, 0.25) is 0 Å². The van der Waals surface area contributed by atoms with Gasteiger partial charge in [-0.15, -0.1) is 0 Å². The van der Waals surface area contributed by atoms with E-state index in [1.165, 1.54) is 0 Å². The van der Waals surface area contributed by atoms with E-state index in [0.717, 1.165) is 0 Å². The van der Waals surface area contributed by atoms with Gasteiger partial charge in [0.1, 0.15) is 5.25 Å². The highest BCUT2D eigenvalue weighted by Crippen LogP contribution is 2.24. The van der Waals surface area contributed by atoms with Crippen LogP contribution in [0.1, 0.15) is 23.7 Å². The Bertz CT molecular complexity index is 625. The lowest BCUT2D eigenvalue weighted by Gasteiger charge is -2.14. The van der Waals surface area contributed by atoms with Gasteiger partial charge in [0.25, 0.3) is 0 Å². The fraction of sp³-hybridized carbons (Fsp3) is 0.188. The SMILES string of the molecule is CCC(C(=O)c1ccccc1)S(=O)c1ccccc1Cl. The lowest BCUT2D eigenvalue weighted by molar-refractivity contribution is 0.0986. The van der Waals surface area contributed by atoms with Gasteiger partial charge in [0, 0.05) is 5.56 Å². The molecule has 104 valence electrons. The van der Waals surface area contributed by atoms with E-state index < -0.39 is 16.0 Å². The number of carbonyl (C=O) groups excluding carboxylic acids is 1. The number of benzene rings is 2. The molecule has 4 heteroatoms. The molecule has 2 unspecified atom stereocenters. The Morgan fingerprint density at radius 1 is 1.10 bits per heavy atom. The lowest BCUT2D eigenvalue weighted by Crippen LogP contribution is -2.25. The summed E-state index contributed by atoms with van der Waals surface area (Å²) >= 11 is 6.07. The molecular weight excluding hydrogens is 292 g/mol. The average Bonchev–Trinajstić information content (AvgIpc) is 2.49. The first kappa shape index (κ1) is 14.9. The third-order valence-corrected chi connectivity index (χ3v) is 5.33. The highest BCUT2D eigenvalue weighted by atomic mass is 35.5. The summed E-state index contributed by atoms with van der Waals surface area (Å²) in [5.74, 6) is -0.105. The monoisotopic (exact) mass is 306 g/mol. The van der Waals surface area contributed by atoms with Gasteiger partial charge in [-0.25, -0.2) is 0 Å². The third-order valence-electron chi connectivity index (χ3n) is 3.03. The van der Waals surface area contributed by atoms with Gasteiger partial charge in [0.05, 0.1) is 20.7 Å². The molecule has 0 aromatic heterocycles. The van der Waals surface area contributed by atoms with Crippen molar-refractivity contribution in [3.8, 4) is 0 Å². The molecule has 0 bridgehead atoms. The van der Waals surface area contributed by atoms with Crippen LogP contribution in [0, 0.1) is 0 Å². The number of ketones is 1. The molecule has 0 heterocycles. The van der Waals surface area contributed by atoms with E-state index in [2.05, 4.69) is 0 Å². The van der Waals surface area contributed by atoms with E-state index in [1.54, 1.807) is 48.5 Å². The van der Waals surface area contributed by atoms with Crippen molar-refractivity contribution < 1.29 is 9.00 Å². The van der Waals surface area contributed by atoms with Crippen LogP contribution >= 0.6 is 11.6 Å². The van der Waals surface area contributed by atoms with Crippen molar-refractivity contribution in [3.05, 3.63) is 65.2 Å². The maximum atomic E-state index is 12.6. The fourth-order valence-electron chi connectivity index (χ4n) is 1.98. The Labute approximate surface area is 126 Å². The first-order valence-corrected chi connectivity index (χ1v) is 7.98. The van der Waals surface area contributed by atoms with E-state index in [9.17, 15) is 9.00 Å². The molecule has 2 aromatic rings. The molecule has 0 radical (unpaired) electrons. The Morgan fingerprint density at radius 3 is 2.30 bits per heavy atom. The van der Waals surface area contributed by atoms with Crippen molar-refractivity contribution in [3.63, 3.8) is 0 Å². The van der Waals surface area contributed by atoms with Crippen LogP contribution in [0.5, 0.6) is 0 Å². The van der Waals surface area contributed by atoms with Gasteiger partial charge < -0.3 is 0 Å². The van der Waals surface area contributed by atoms with Crippen molar-refractivity contribution >= 4 is 28.2 Å². The summed E-state index contributed by atoms with van der Waals surface area (Å²) in [6.45, 7) is 1.86. The molecule has 20 heavy (non-hydrogen) atoms. The molecule has 0 N–H and O–H groups in total. The van der Waals surface area contributed by atoms with Crippen LogP contribution in [0.2, 0.25) is 5.02 Å². The summed E-state index contributed by atoms with van der Waals surface area (Å²) in [6, 6.07) is 15.9. The zero-order valence-corrected chi connectivity index (χ0v) is 12.7. The zero-order chi connectivity index (χ0) is 14.5. The summed E-state index contributed by atoms with van der Waals surface area (Å²) in [4.78, 5) is 13.0. The van der Waals surface area contributed by atoms with E-state index in [4.69, 9.17) is 11.6 Å². The molecule has 0 aliphatic heterocycles. The number of carbonyl (C=O) groups is 1. The van der Waals surface area contributed by atoms with E-state index >= 15 is 0 Å². The smallest absolute Gasteiger partial charge is 0.178 e. The Kier molecular flexibility index (Phi) is 5.10. The molecule has 2 rings (SSSR count). The highest BCUT2D eigenvalue weighted by molar-refractivity contribution is 7.86. The van der Waals surface area contributed by atoms with Crippen LogP contribution in [0.25, 0.3) is 0 Å². The molecule has 0 fully saturated rings. The fourth-order valence-corrected chi connectivity index (χ4v) is 3.76. The lowest BCUT2D eigenvalue weighted by atomic mass is 10.1. The summed E-state index contributed by atoms with van der Waals surface area (Å²) in [6.07, 6.45) is 0.506. The van der Waals surface area contributed by atoms with E-state index in [-0.39, 0.29) is 5.78 Å². The summed E-state index contributed by atoms with van der Waals surface area (Å²) < 4.78 is 12.6. The highest BCUT2D eigenvalue weighted by Gasteiger charge is 2.26. The second-order valence-corrected chi connectivity index (χ2v) is 6.37. The van der Waals surface area contributed by atoms with Gasteiger partial charge in [0.15, 0.2) is 5.78 Å². The molecule has 2 aromatic carbocycles. The number of halogens is 1.